The molecule has 0 aliphatic heterocycles. The third-order valence-electron chi connectivity index (χ3n) is 3.33. The van der Waals surface area contributed by atoms with Crippen LogP contribution in [0.2, 0.25) is 5.02 Å². The van der Waals surface area contributed by atoms with Gasteiger partial charge < -0.3 is 9.84 Å². The largest absolute Gasteiger partial charge is 0.492 e. The van der Waals surface area contributed by atoms with Crippen molar-refractivity contribution in [2.45, 2.75) is 25.7 Å². The molecule has 0 saturated heterocycles. The number of hydrogen-bond acceptors (Lipinski definition) is 2. The van der Waals surface area contributed by atoms with Gasteiger partial charge in [-0.3, -0.25) is 4.79 Å². The highest BCUT2D eigenvalue weighted by molar-refractivity contribution is 6.32. The maximum Gasteiger partial charge on any atom is 0.303 e. The lowest BCUT2D eigenvalue weighted by Gasteiger charge is -2.09. The molecular formula is C18H19ClO3. The molecule has 0 aliphatic carbocycles. The topological polar surface area (TPSA) is 46.5 Å². The molecule has 116 valence electrons. The van der Waals surface area contributed by atoms with Crippen LogP contribution < -0.4 is 4.74 Å². The Kier molecular flexibility index (Phi) is 6.28. The minimum Gasteiger partial charge on any atom is -0.492 e. The Bertz CT molecular complexity index is 611. The normalized spacial score (nSPS) is 10.4. The molecule has 0 bridgehead atoms. The van der Waals surface area contributed by atoms with Gasteiger partial charge in [-0.2, -0.15) is 0 Å². The number of rotatable bonds is 8. The molecule has 2 aromatic carbocycles. The van der Waals surface area contributed by atoms with E-state index in [0.29, 0.717) is 23.8 Å². The summed E-state index contributed by atoms with van der Waals surface area (Å²) in [7, 11) is 0. The van der Waals surface area contributed by atoms with Crippen molar-refractivity contribution in [3.63, 3.8) is 0 Å². The van der Waals surface area contributed by atoms with Crippen molar-refractivity contribution in [1.82, 2.24) is 0 Å². The summed E-state index contributed by atoms with van der Waals surface area (Å²) in [4.78, 5) is 10.4. The molecule has 0 heterocycles. The first kappa shape index (κ1) is 16.4. The standard InChI is InChI=1S/C18H19ClO3/c19-16-13-15(14-7-3-1-4-8-14)10-11-17(16)22-12-6-2-5-9-18(20)21/h1,3-4,7-8,10-11,13H,2,5-6,9,12H2,(H,20,21). The minimum absolute atomic E-state index is 0.215. The van der Waals surface area contributed by atoms with Crippen molar-refractivity contribution < 1.29 is 14.6 Å². The summed E-state index contributed by atoms with van der Waals surface area (Å²) in [6.45, 7) is 0.546. The molecule has 0 fully saturated rings. The third-order valence-corrected chi connectivity index (χ3v) is 3.63. The lowest BCUT2D eigenvalue weighted by Crippen LogP contribution is -1.99. The molecule has 0 aromatic heterocycles. The second-order valence-corrected chi connectivity index (χ2v) is 5.47. The second-order valence-electron chi connectivity index (χ2n) is 5.06. The predicted molar refractivity (Wildman–Crippen MR) is 88.5 cm³/mol. The van der Waals surface area contributed by atoms with Crippen LogP contribution in [0.1, 0.15) is 25.7 Å². The first-order valence-electron chi connectivity index (χ1n) is 7.36. The molecule has 0 radical (unpaired) electrons. The summed E-state index contributed by atoms with van der Waals surface area (Å²) in [5.41, 5.74) is 2.17. The van der Waals surface area contributed by atoms with E-state index >= 15 is 0 Å². The number of aliphatic carboxylic acids is 1. The number of carbonyl (C=O) groups is 1. The molecule has 0 atom stereocenters. The first-order chi connectivity index (χ1) is 10.7. The number of carboxylic acid groups (broad SMARTS) is 1. The number of carboxylic acids is 1. The van der Waals surface area contributed by atoms with Gasteiger partial charge in [-0.05, 0) is 42.5 Å². The second kappa shape index (κ2) is 8.44. The highest BCUT2D eigenvalue weighted by Crippen LogP contribution is 2.30. The van der Waals surface area contributed by atoms with Crippen molar-refractivity contribution in [3.05, 3.63) is 53.6 Å². The summed E-state index contributed by atoms with van der Waals surface area (Å²) in [6, 6.07) is 15.8. The number of benzene rings is 2. The van der Waals surface area contributed by atoms with E-state index in [9.17, 15) is 4.79 Å². The van der Waals surface area contributed by atoms with Gasteiger partial charge >= 0.3 is 5.97 Å². The highest BCUT2D eigenvalue weighted by Gasteiger charge is 2.05. The molecule has 0 spiro atoms. The third kappa shape index (κ3) is 5.08. The number of ether oxygens (including phenoxy) is 1. The molecule has 0 saturated carbocycles. The predicted octanol–water partition coefficient (Wildman–Crippen LogP) is 5.03. The summed E-state index contributed by atoms with van der Waals surface area (Å²) in [5.74, 6) is -0.0833. The summed E-state index contributed by atoms with van der Waals surface area (Å²) < 4.78 is 5.66. The van der Waals surface area contributed by atoms with Crippen LogP contribution in [0.25, 0.3) is 11.1 Å². The fraction of sp³-hybridized carbons (Fsp3) is 0.278. The van der Waals surface area contributed by atoms with Gasteiger partial charge in [-0.25, -0.2) is 0 Å². The zero-order valence-electron chi connectivity index (χ0n) is 12.3. The van der Waals surface area contributed by atoms with Crippen LogP contribution >= 0.6 is 11.6 Å². The van der Waals surface area contributed by atoms with Crippen molar-refractivity contribution >= 4 is 17.6 Å². The molecule has 0 aliphatic rings. The quantitative estimate of drug-likeness (QED) is 0.694. The van der Waals surface area contributed by atoms with E-state index in [1.165, 1.54) is 0 Å². The van der Waals surface area contributed by atoms with Crippen molar-refractivity contribution in [3.8, 4) is 16.9 Å². The number of halogens is 1. The smallest absolute Gasteiger partial charge is 0.303 e. The van der Waals surface area contributed by atoms with Gasteiger partial charge in [0.1, 0.15) is 5.75 Å². The Balaban J connectivity index is 1.84. The number of unbranched alkanes of at least 4 members (excludes halogenated alkanes) is 2. The van der Waals surface area contributed by atoms with E-state index in [1.54, 1.807) is 0 Å². The Labute approximate surface area is 135 Å². The first-order valence-corrected chi connectivity index (χ1v) is 7.74. The van der Waals surface area contributed by atoms with Crippen LogP contribution in [-0.2, 0) is 4.79 Å². The minimum atomic E-state index is -0.750. The lowest BCUT2D eigenvalue weighted by atomic mass is 10.1. The molecular weight excluding hydrogens is 300 g/mol. The molecule has 4 heteroatoms. The molecule has 22 heavy (non-hydrogen) atoms. The van der Waals surface area contributed by atoms with Crippen LogP contribution in [0, 0.1) is 0 Å². The Morgan fingerprint density at radius 1 is 1.00 bits per heavy atom. The summed E-state index contributed by atoms with van der Waals surface area (Å²) in [6.07, 6.45) is 2.56. The molecule has 0 amide bonds. The van der Waals surface area contributed by atoms with Crippen LogP contribution in [0.15, 0.2) is 48.5 Å². The van der Waals surface area contributed by atoms with Gasteiger partial charge in [0.25, 0.3) is 0 Å². The molecule has 0 unspecified atom stereocenters. The van der Waals surface area contributed by atoms with E-state index in [2.05, 4.69) is 0 Å². The van der Waals surface area contributed by atoms with Crippen molar-refractivity contribution in [1.29, 1.82) is 0 Å². The van der Waals surface area contributed by atoms with E-state index in [4.69, 9.17) is 21.4 Å². The van der Waals surface area contributed by atoms with Crippen LogP contribution in [0.5, 0.6) is 5.75 Å². The van der Waals surface area contributed by atoms with Gasteiger partial charge in [-0.1, -0.05) is 48.0 Å². The van der Waals surface area contributed by atoms with E-state index in [1.807, 2.05) is 48.5 Å². The summed E-state index contributed by atoms with van der Waals surface area (Å²) >= 11 is 6.26. The molecule has 2 aromatic rings. The summed E-state index contributed by atoms with van der Waals surface area (Å²) in [5, 5.41) is 9.15. The number of hydrogen-bond donors (Lipinski definition) is 1. The van der Waals surface area contributed by atoms with Crippen molar-refractivity contribution in [2.24, 2.45) is 0 Å². The maximum atomic E-state index is 10.4. The average Bonchev–Trinajstić information content (AvgIpc) is 2.52. The Hall–Kier alpha value is -2.00. The Morgan fingerprint density at radius 3 is 2.45 bits per heavy atom. The average molecular weight is 319 g/mol. The van der Waals surface area contributed by atoms with Gasteiger partial charge in [0.05, 0.1) is 11.6 Å². The highest BCUT2D eigenvalue weighted by atomic mass is 35.5. The Morgan fingerprint density at radius 2 is 1.77 bits per heavy atom. The molecule has 2 rings (SSSR count). The molecule has 3 nitrogen and oxygen atoms in total. The van der Waals surface area contributed by atoms with Gasteiger partial charge in [-0.15, -0.1) is 0 Å². The van der Waals surface area contributed by atoms with Gasteiger partial charge in [0, 0.05) is 6.42 Å². The monoisotopic (exact) mass is 318 g/mol. The fourth-order valence-corrected chi connectivity index (χ4v) is 2.40. The maximum absolute atomic E-state index is 10.4. The van der Waals surface area contributed by atoms with Gasteiger partial charge in [0.2, 0.25) is 0 Å². The van der Waals surface area contributed by atoms with Crippen LogP contribution in [0.4, 0.5) is 0 Å². The fourth-order valence-electron chi connectivity index (χ4n) is 2.17. The van der Waals surface area contributed by atoms with Crippen molar-refractivity contribution in [2.75, 3.05) is 6.61 Å². The zero-order valence-corrected chi connectivity index (χ0v) is 13.1. The van der Waals surface area contributed by atoms with Crippen LogP contribution in [0.3, 0.4) is 0 Å². The lowest BCUT2D eigenvalue weighted by molar-refractivity contribution is -0.137. The van der Waals surface area contributed by atoms with Crippen LogP contribution in [-0.4, -0.2) is 17.7 Å². The van der Waals surface area contributed by atoms with Gasteiger partial charge in [0.15, 0.2) is 0 Å². The van der Waals surface area contributed by atoms with E-state index < -0.39 is 5.97 Å². The van der Waals surface area contributed by atoms with E-state index in [-0.39, 0.29) is 6.42 Å². The SMILES string of the molecule is O=C(O)CCCCCOc1ccc(-c2ccccc2)cc1Cl. The zero-order chi connectivity index (χ0) is 15.8. The van der Waals surface area contributed by atoms with E-state index in [0.717, 1.165) is 24.0 Å². The molecule has 1 N–H and O–H groups in total.